The van der Waals surface area contributed by atoms with Gasteiger partial charge >= 0.3 is 12.3 Å². The van der Waals surface area contributed by atoms with Gasteiger partial charge in [-0.25, -0.2) is 0 Å². The van der Waals surface area contributed by atoms with Crippen LogP contribution in [0.5, 0.6) is 5.75 Å². The Hall–Kier alpha value is -2.29. The summed E-state index contributed by atoms with van der Waals surface area (Å²) >= 11 is 0. The number of amides is 1. The molecule has 2 rings (SSSR count). The highest BCUT2D eigenvalue weighted by Crippen LogP contribution is 2.32. The van der Waals surface area contributed by atoms with E-state index in [0.29, 0.717) is 31.6 Å². The molecular weight excluding hydrogens is 367 g/mol. The first-order valence-corrected chi connectivity index (χ1v) is 8.42. The molecule has 1 aliphatic heterocycles. The molecule has 0 unspecified atom stereocenters. The van der Waals surface area contributed by atoms with Gasteiger partial charge in [-0.3, -0.25) is 9.59 Å². The highest BCUT2D eigenvalue weighted by Gasteiger charge is 2.41. The molecule has 1 aromatic carbocycles. The standard InChI is InChI=1S/C18H22F3NO5/c1-16(2,12-3-5-13(6-4-12)27-18(19,20)21)14(23)22-11-17(15(24)25)7-9-26-10-8-17/h3-6H,7-11H2,1-2H3,(H,22,23)(H,24,25). The van der Waals surface area contributed by atoms with E-state index in [2.05, 4.69) is 10.1 Å². The second-order valence-electron chi connectivity index (χ2n) is 7.08. The topological polar surface area (TPSA) is 84.9 Å². The van der Waals surface area contributed by atoms with E-state index >= 15 is 0 Å². The molecule has 1 heterocycles. The summed E-state index contributed by atoms with van der Waals surface area (Å²) in [5.41, 5.74) is -1.67. The summed E-state index contributed by atoms with van der Waals surface area (Å²) in [4.78, 5) is 24.3. The van der Waals surface area contributed by atoms with Gasteiger partial charge in [0.15, 0.2) is 0 Å². The Kier molecular flexibility index (Phi) is 6.04. The number of aliphatic carboxylic acids is 1. The maximum Gasteiger partial charge on any atom is 0.573 e. The summed E-state index contributed by atoms with van der Waals surface area (Å²) in [7, 11) is 0. The third kappa shape index (κ3) is 5.12. The van der Waals surface area contributed by atoms with Crippen molar-refractivity contribution in [2.24, 2.45) is 5.41 Å². The minimum Gasteiger partial charge on any atom is -0.481 e. The lowest BCUT2D eigenvalue weighted by Gasteiger charge is -2.34. The molecule has 0 aromatic heterocycles. The molecule has 6 nitrogen and oxygen atoms in total. The molecule has 150 valence electrons. The number of hydrogen-bond donors (Lipinski definition) is 2. The number of carboxylic acids is 1. The smallest absolute Gasteiger partial charge is 0.481 e. The summed E-state index contributed by atoms with van der Waals surface area (Å²) < 4.78 is 45.7. The molecule has 0 aliphatic carbocycles. The first kappa shape index (κ1) is 21.0. The fraction of sp³-hybridized carbons (Fsp3) is 0.556. The lowest BCUT2D eigenvalue weighted by Crippen LogP contribution is -2.50. The first-order chi connectivity index (χ1) is 12.5. The quantitative estimate of drug-likeness (QED) is 0.782. The number of ether oxygens (including phenoxy) is 2. The van der Waals surface area contributed by atoms with Crippen molar-refractivity contribution in [1.82, 2.24) is 5.32 Å². The van der Waals surface area contributed by atoms with Crippen LogP contribution >= 0.6 is 0 Å². The van der Waals surface area contributed by atoms with Gasteiger partial charge in [0.25, 0.3) is 0 Å². The molecule has 0 bridgehead atoms. The molecule has 2 N–H and O–H groups in total. The highest BCUT2D eigenvalue weighted by atomic mass is 19.4. The molecule has 0 saturated carbocycles. The zero-order chi connectivity index (χ0) is 20.3. The number of halogens is 3. The largest absolute Gasteiger partial charge is 0.573 e. The Morgan fingerprint density at radius 3 is 2.22 bits per heavy atom. The second-order valence-corrected chi connectivity index (χ2v) is 7.08. The van der Waals surface area contributed by atoms with Gasteiger partial charge in [-0.15, -0.1) is 13.2 Å². The monoisotopic (exact) mass is 389 g/mol. The van der Waals surface area contributed by atoms with E-state index < -0.39 is 29.1 Å². The second kappa shape index (κ2) is 7.75. The van der Waals surface area contributed by atoms with Crippen LogP contribution in [0, 0.1) is 5.41 Å². The molecule has 27 heavy (non-hydrogen) atoms. The number of benzene rings is 1. The Balaban J connectivity index is 2.06. The number of carbonyl (C=O) groups excluding carboxylic acids is 1. The predicted molar refractivity (Wildman–Crippen MR) is 89.3 cm³/mol. The molecule has 0 atom stereocenters. The SMILES string of the molecule is CC(C)(C(=O)NCC1(C(=O)O)CCOCC1)c1ccc(OC(F)(F)F)cc1. The molecule has 1 fully saturated rings. The maximum atomic E-state index is 12.6. The van der Waals surface area contributed by atoms with E-state index in [1.54, 1.807) is 13.8 Å². The molecule has 1 amide bonds. The molecule has 1 aliphatic rings. The van der Waals surface area contributed by atoms with Crippen LogP contribution in [0.2, 0.25) is 0 Å². The van der Waals surface area contributed by atoms with E-state index in [1.807, 2.05) is 0 Å². The van der Waals surface area contributed by atoms with E-state index in [4.69, 9.17) is 4.74 Å². The van der Waals surface area contributed by atoms with Crippen LogP contribution in [0.15, 0.2) is 24.3 Å². The number of nitrogens with one attached hydrogen (secondary N) is 1. The van der Waals surface area contributed by atoms with Crippen LogP contribution in [0.1, 0.15) is 32.3 Å². The van der Waals surface area contributed by atoms with Gasteiger partial charge < -0.3 is 19.9 Å². The Morgan fingerprint density at radius 2 is 1.74 bits per heavy atom. The summed E-state index contributed by atoms with van der Waals surface area (Å²) in [5.74, 6) is -1.79. The normalized spacial score (nSPS) is 17.2. The van der Waals surface area contributed by atoms with E-state index in [1.165, 1.54) is 12.1 Å². The number of carboxylic acid groups (broad SMARTS) is 1. The summed E-state index contributed by atoms with van der Waals surface area (Å²) in [6.07, 6.45) is -4.19. The number of carbonyl (C=O) groups is 2. The Bertz CT molecular complexity index is 679. The van der Waals surface area contributed by atoms with E-state index in [9.17, 15) is 27.9 Å². The van der Waals surface area contributed by atoms with Crippen LogP contribution in [0.4, 0.5) is 13.2 Å². The summed E-state index contributed by atoms with van der Waals surface area (Å²) in [6.45, 7) is 3.81. The molecular formula is C18H22F3NO5. The van der Waals surface area contributed by atoms with Crippen molar-refractivity contribution in [3.8, 4) is 5.75 Å². The van der Waals surface area contributed by atoms with Crippen LogP contribution in [0.25, 0.3) is 0 Å². The number of alkyl halides is 3. The van der Waals surface area contributed by atoms with Crippen LogP contribution in [-0.4, -0.2) is 43.1 Å². The van der Waals surface area contributed by atoms with Gasteiger partial charge in [-0.1, -0.05) is 12.1 Å². The van der Waals surface area contributed by atoms with Gasteiger partial charge in [-0.05, 0) is 44.4 Å². The summed E-state index contributed by atoms with van der Waals surface area (Å²) in [5, 5.41) is 12.2. The average Bonchev–Trinajstić information content (AvgIpc) is 2.59. The van der Waals surface area contributed by atoms with Crippen molar-refractivity contribution >= 4 is 11.9 Å². The van der Waals surface area contributed by atoms with Crippen molar-refractivity contribution in [2.45, 2.75) is 38.5 Å². The Morgan fingerprint density at radius 1 is 1.19 bits per heavy atom. The molecule has 0 spiro atoms. The lowest BCUT2D eigenvalue weighted by molar-refractivity contribution is -0.274. The molecule has 0 radical (unpaired) electrons. The van der Waals surface area contributed by atoms with Crippen molar-refractivity contribution in [1.29, 1.82) is 0 Å². The van der Waals surface area contributed by atoms with Gasteiger partial charge in [0.2, 0.25) is 5.91 Å². The third-order valence-electron chi connectivity index (χ3n) is 4.87. The van der Waals surface area contributed by atoms with Gasteiger partial charge in [0, 0.05) is 19.8 Å². The predicted octanol–water partition coefficient (Wildman–Crippen LogP) is 2.86. The van der Waals surface area contributed by atoms with Crippen molar-refractivity contribution in [3.05, 3.63) is 29.8 Å². The van der Waals surface area contributed by atoms with Gasteiger partial charge in [-0.2, -0.15) is 0 Å². The zero-order valence-corrected chi connectivity index (χ0v) is 15.1. The van der Waals surface area contributed by atoms with Crippen LogP contribution < -0.4 is 10.1 Å². The molecule has 1 aromatic rings. The van der Waals surface area contributed by atoms with Crippen molar-refractivity contribution in [3.63, 3.8) is 0 Å². The summed E-state index contributed by atoms with van der Waals surface area (Å²) in [6, 6.07) is 5.02. The number of hydrogen-bond acceptors (Lipinski definition) is 4. The third-order valence-corrected chi connectivity index (χ3v) is 4.87. The zero-order valence-electron chi connectivity index (χ0n) is 15.1. The van der Waals surface area contributed by atoms with Crippen molar-refractivity contribution < 1.29 is 37.3 Å². The fourth-order valence-corrected chi connectivity index (χ4v) is 2.90. The fourth-order valence-electron chi connectivity index (χ4n) is 2.90. The van der Waals surface area contributed by atoms with Crippen LogP contribution in [0.3, 0.4) is 0 Å². The van der Waals surface area contributed by atoms with Gasteiger partial charge in [0.1, 0.15) is 5.75 Å². The minimum absolute atomic E-state index is 0.0385. The first-order valence-electron chi connectivity index (χ1n) is 8.42. The lowest BCUT2D eigenvalue weighted by atomic mass is 9.79. The Labute approximate surface area is 154 Å². The minimum atomic E-state index is -4.79. The van der Waals surface area contributed by atoms with Crippen LogP contribution in [-0.2, 0) is 19.7 Å². The van der Waals surface area contributed by atoms with E-state index in [0.717, 1.165) is 12.1 Å². The van der Waals surface area contributed by atoms with Gasteiger partial charge in [0.05, 0.1) is 10.8 Å². The molecule has 9 heteroatoms. The van der Waals surface area contributed by atoms with E-state index in [-0.39, 0.29) is 12.3 Å². The van der Waals surface area contributed by atoms with Crippen molar-refractivity contribution in [2.75, 3.05) is 19.8 Å². The number of rotatable bonds is 6. The highest BCUT2D eigenvalue weighted by molar-refractivity contribution is 5.88. The maximum absolute atomic E-state index is 12.6. The molecule has 1 saturated heterocycles. The average molecular weight is 389 g/mol.